The zero-order chi connectivity index (χ0) is 18.7. The van der Waals surface area contributed by atoms with Crippen LogP contribution < -0.4 is 5.32 Å². The maximum atomic E-state index is 12.6. The summed E-state index contributed by atoms with van der Waals surface area (Å²) in [4.78, 5) is 26.7. The predicted molar refractivity (Wildman–Crippen MR) is 104 cm³/mol. The van der Waals surface area contributed by atoms with Crippen molar-refractivity contribution in [3.05, 3.63) is 68.7 Å². The van der Waals surface area contributed by atoms with Gasteiger partial charge in [0.15, 0.2) is 0 Å². The molecule has 0 spiro atoms. The minimum atomic E-state index is -0.190. The van der Waals surface area contributed by atoms with Gasteiger partial charge in [0, 0.05) is 24.7 Å². The van der Waals surface area contributed by atoms with Gasteiger partial charge in [0.2, 0.25) is 0 Å². The zero-order valence-electron chi connectivity index (χ0n) is 13.8. The molecule has 1 N–H and O–H groups in total. The van der Waals surface area contributed by atoms with E-state index in [9.17, 15) is 9.59 Å². The second-order valence-electron chi connectivity index (χ2n) is 6.15. The topological polar surface area (TPSA) is 49.4 Å². The van der Waals surface area contributed by atoms with Crippen LogP contribution in [0.4, 0.5) is 0 Å². The number of nitrogens with one attached hydrogen (secondary N) is 1. The molecule has 0 saturated carbocycles. The van der Waals surface area contributed by atoms with Crippen molar-refractivity contribution in [1.82, 2.24) is 10.2 Å². The van der Waals surface area contributed by atoms with E-state index < -0.39 is 0 Å². The summed E-state index contributed by atoms with van der Waals surface area (Å²) in [5.74, 6) is -0.274. The molecular weight excluding hydrogens is 395 g/mol. The quantitative estimate of drug-likeness (QED) is 0.797. The number of carbonyl (C=O) groups is 2. The van der Waals surface area contributed by atoms with Gasteiger partial charge in [-0.3, -0.25) is 9.59 Å². The van der Waals surface area contributed by atoms with Crippen LogP contribution in [0.5, 0.6) is 0 Å². The molecule has 26 heavy (non-hydrogen) atoms. The first-order valence-electron chi connectivity index (χ1n) is 8.25. The lowest BCUT2D eigenvalue weighted by Crippen LogP contribution is -2.46. The van der Waals surface area contributed by atoms with E-state index in [1.165, 1.54) is 0 Å². The van der Waals surface area contributed by atoms with E-state index in [-0.39, 0.29) is 17.9 Å². The first-order chi connectivity index (χ1) is 12.5. The summed E-state index contributed by atoms with van der Waals surface area (Å²) >= 11 is 17.9. The summed E-state index contributed by atoms with van der Waals surface area (Å²) < 4.78 is 0. The smallest absolute Gasteiger partial charge is 0.253 e. The number of halogens is 3. The fourth-order valence-corrected chi connectivity index (χ4v) is 3.47. The molecule has 2 aromatic rings. The predicted octanol–water partition coefficient (Wildman–Crippen LogP) is 4.68. The average molecular weight is 412 g/mol. The molecule has 2 aromatic carbocycles. The Hall–Kier alpha value is -1.75. The Morgan fingerprint density at radius 1 is 0.923 bits per heavy atom. The highest BCUT2D eigenvalue weighted by atomic mass is 35.5. The summed E-state index contributed by atoms with van der Waals surface area (Å²) in [7, 11) is 0. The second-order valence-corrected chi connectivity index (χ2v) is 7.37. The standard InChI is InChI=1S/C19H17Cl3N2O2/c20-15-4-2-1-3-14(15)18(25)23-13-7-9-24(10-8-13)19(26)12-5-6-16(21)17(22)11-12/h1-6,11,13H,7-10H2,(H,23,25). The van der Waals surface area contributed by atoms with Crippen molar-refractivity contribution >= 4 is 46.6 Å². The van der Waals surface area contributed by atoms with Crippen LogP contribution in [0.1, 0.15) is 33.6 Å². The number of hydrogen-bond donors (Lipinski definition) is 1. The lowest BCUT2D eigenvalue weighted by atomic mass is 10.0. The van der Waals surface area contributed by atoms with Crippen molar-refractivity contribution in [3.8, 4) is 0 Å². The van der Waals surface area contributed by atoms with E-state index in [1.807, 2.05) is 0 Å². The summed E-state index contributed by atoms with van der Waals surface area (Å²) in [5.41, 5.74) is 0.974. The minimum absolute atomic E-state index is 0.0108. The number of likely N-dealkylation sites (tertiary alicyclic amines) is 1. The van der Waals surface area contributed by atoms with Gasteiger partial charge in [0.05, 0.1) is 20.6 Å². The summed E-state index contributed by atoms with van der Waals surface area (Å²) in [6.45, 7) is 1.12. The SMILES string of the molecule is O=C(NC1CCN(C(=O)c2ccc(Cl)c(Cl)c2)CC1)c1ccccc1Cl. The lowest BCUT2D eigenvalue weighted by Gasteiger charge is -2.32. The van der Waals surface area contributed by atoms with Gasteiger partial charge in [-0.25, -0.2) is 0 Å². The molecule has 0 aromatic heterocycles. The van der Waals surface area contributed by atoms with E-state index >= 15 is 0 Å². The maximum absolute atomic E-state index is 12.6. The third-order valence-corrected chi connectivity index (χ3v) is 5.47. The van der Waals surface area contributed by atoms with Crippen LogP contribution in [0.2, 0.25) is 15.1 Å². The highest BCUT2D eigenvalue weighted by Crippen LogP contribution is 2.24. The van der Waals surface area contributed by atoms with Crippen LogP contribution in [0.3, 0.4) is 0 Å². The molecular formula is C19H17Cl3N2O2. The van der Waals surface area contributed by atoms with Gasteiger partial charge in [-0.05, 0) is 43.2 Å². The molecule has 0 unspecified atom stereocenters. The van der Waals surface area contributed by atoms with Crippen LogP contribution in [-0.4, -0.2) is 35.8 Å². The van der Waals surface area contributed by atoms with Crippen molar-refractivity contribution in [2.24, 2.45) is 0 Å². The fraction of sp³-hybridized carbons (Fsp3) is 0.263. The summed E-state index contributed by atoms with van der Waals surface area (Å²) in [6, 6.07) is 11.8. The molecule has 0 aliphatic carbocycles. The number of nitrogens with zero attached hydrogens (tertiary/aromatic N) is 1. The molecule has 0 atom stereocenters. The van der Waals surface area contributed by atoms with Crippen molar-refractivity contribution < 1.29 is 9.59 Å². The highest BCUT2D eigenvalue weighted by molar-refractivity contribution is 6.42. The Morgan fingerprint density at radius 2 is 1.62 bits per heavy atom. The lowest BCUT2D eigenvalue weighted by molar-refractivity contribution is 0.0698. The Balaban J connectivity index is 1.57. The molecule has 4 nitrogen and oxygen atoms in total. The maximum Gasteiger partial charge on any atom is 0.253 e. The number of hydrogen-bond acceptors (Lipinski definition) is 2. The molecule has 1 aliphatic heterocycles. The van der Waals surface area contributed by atoms with E-state index in [1.54, 1.807) is 47.4 Å². The Morgan fingerprint density at radius 3 is 2.27 bits per heavy atom. The van der Waals surface area contributed by atoms with Gasteiger partial charge in [-0.15, -0.1) is 0 Å². The zero-order valence-corrected chi connectivity index (χ0v) is 16.1. The molecule has 2 amide bonds. The fourth-order valence-electron chi connectivity index (χ4n) is 2.95. The van der Waals surface area contributed by atoms with Crippen LogP contribution in [0.25, 0.3) is 0 Å². The molecule has 7 heteroatoms. The highest BCUT2D eigenvalue weighted by Gasteiger charge is 2.25. The first kappa shape index (κ1) is 19.0. The van der Waals surface area contributed by atoms with Crippen molar-refractivity contribution in [2.45, 2.75) is 18.9 Å². The van der Waals surface area contributed by atoms with Crippen LogP contribution in [0.15, 0.2) is 42.5 Å². The number of piperidine rings is 1. The van der Waals surface area contributed by atoms with Crippen molar-refractivity contribution in [3.63, 3.8) is 0 Å². The normalized spacial score (nSPS) is 15.0. The average Bonchev–Trinajstić information content (AvgIpc) is 2.64. The van der Waals surface area contributed by atoms with Crippen LogP contribution >= 0.6 is 34.8 Å². The van der Waals surface area contributed by atoms with Gasteiger partial charge in [0.25, 0.3) is 11.8 Å². The van der Waals surface area contributed by atoms with Crippen molar-refractivity contribution in [2.75, 3.05) is 13.1 Å². The van der Waals surface area contributed by atoms with Crippen molar-refractivity contribution in [1.29, 1.82) is 0 Å². The van der Waals surface area contributed by atoms with Gasteiger partial charge >= 0.3 is 0 Å². The molecule has 136 valence electrons. The van der Waals surface area contributed by atoms with E-state index in [0.717, 1.165) is 0 Å². The monoisotopic (exact) mass is 410 g/mol. The number of carbonyl (C=O) groups excluding carboxylic acids is 2. The minimum Gasteiger partial charge on any atom is -0.349 e. The Bertz CT molecular complexity index is 833. The largest absolute Gasteiger partial charge is 0.349 e. The first-order valence-corrected chi connectivity index (χ1v) is 9.39. The van der Waals surface area contributed by atoms with E-state index in [4.69, 9.17) is 34.8 Å². The molecule has 1 saturated heterocycles. The Kier molecular flexibility index (Phi) is 6.07. The number of rotatable bonds is 3. The van der Waals surface area contributed by atoms with E-state index in [0.29, 0.717) is 52.1 Å². The molecule has 3 rings (SSSR count). The number of benzene rings is 2. The van der Waals surface area contributed by atoms with Gasteiger partial charge in [-0.1, -0.05) is 46.9 Å². The molecule has 1 heterocycles. The van der Waals surface area contributed by atoms with Gasteiger partial charge < -0.3 is 10.2 Å². The molecule has 1 aliphatic rings. The summed E-state index contributed by atoms with van der Waals surface area (Å²) in [5, 5.41) is 4.20. The third kappa shape index (κ3) is 4.32. The van der Waals surface area contributed by atoms with Gasteiger partial charge in [0.1, 0.15) is 0 Å². The third-order valence-electron chi connectivity index (χ3n) is 4.40. The molecule has 0 radical (unpaired) electrons. The van der Waals surface area contributed by atoms with Crippen LogP contribution in [-0.2, 0) is 0 Å². The number of amides is 2. The summed E-state index contributed by atoms with van der Waals surface area (Å²) in [6.07, 6.45) is 1.37. The molecule has 1 fully saturated rings. The van der Waals surface area contributed by atoms with E-state index in [2.05, 4.69) is 5.32 Å². The van der Waals surface area contributed by atoms with Crippen LogP contribution in [0, 0.1) is 0 Å². The second kappa shape index (κ2) is 8.30. The van der Waals surface area contributed by atoms with Gasteiger partial charge in [-0.2, -0.15) is 0 Å². The Labute approximate surface area is 167 Å². The molecule has 0 bridgehead atoms.